The second-order valence-corrected chi connectivity index (χ2v) is 8.33. The highest BCUT2D eigenvalue weighted by atomic mass is 16.2. The van der Waals surface area contributed by atoms with E-state index in [1.807, 2.05) is 18.2 Å². The van der Waals surface area contributed by atoms with Crippen LogP contribution in [0.4, 0.5) is 16.7 Å². The van der Waals surface area contributed by atoms with Crippen molar-refractivity contribution in [2.45, 2.75) is 31.8 Å². The summed E-state index contributed by atoms with van der Waals surface area (Å²) in [6.45, 7) is 1.33. The first kappa shape index (κ1) is 19.2. The third-order valence-electron chi connectivity index (χ3n) is 5.94. The average molecular weight is 441 g/mol. The molecule has 11 heteroatoms. The van der Waals surface area contributed by atoms with Crippen LogP contribution in [-0.2, 0) is 17.8 Å². The number of nitrogens with one attached hydrogen (secondary N) is 3. The van der Waals surface area contributed by atoms with Crippen molar-refractivity contribution in [3.8, 4) is 6.07 Å². The molecule has 0 bridgehead atoms. The summed E-state index contributed by atoms with van der Waals surface area (Å²) < 4.78 is 1.62. The first-order chi connectivity index (χ1) is 16.1. The zero-order chi connectivity index (χ0) is 22.5. The Morgan fingerprint density at radius 2 is 2.06 bits per heavy atom. The molecule has 0 spiro atoms. The molecule has 33 heavy (non-hydrogen) atoms. The van der Waals surface area contributed by atoms with Crippen LogP contribution < -0.4 is 20.9 Å². The standard InChI is InChI=1S/C22H19N9O2/c23-9-12-1-2-13-5-6-30(11-15(13)7-12)20-27-18-14(8-17-19(32)28-22(33)26-17)10-24-31(18)21(29-20)25-16-3-4-16/h1-2,7-8,10,16H,3-6,11H2,(H,25,27,29)(H2,26,28,32,33)/b17-8-. The number of fused-ring (bicyclic) bond motifs is 2. The lowest BCUT2D eigenvalue weighted by molar-refractivity contribution is -0.115. The number of hydrogen-bond donors (Lipinski definition) is 3. The Balaban J connectivity index is 1.41. The minimum atomic E-state index is -0.558. The normalized spacial score (nSPS) is 18.8. The average Bonchev–Trinajstić information content (AvgIpc) is 3.46. The lowest BCUT2D eigenvalue weighted by Gasteiger charge is -2.29. The van der Waals surface area contributed by atoms with Crippen LogP contribution in [0.1, 0.15) is 35.1 Å². The van der Waals surface area contributed by atoms with Gasteiger partial charge in [-0.3, -0.25) is 10.1 Å². The van der Waals surface area contributed by atoms with E-state index < -0.39 is 11.9 Å². The molecule has 3 aliphatic rings. The number of amides is 3. The van der Waals surface area contributed by atoms with Gasteiger partial charge >= 0.3 is 6.03 Å². The van der Waals surface area contributed by atoms with Gasteiger partial charge in [0.2, 0.25) is 11.9 Å². The van der Waals surface area contributed by atoms with Gasteiger partial charge in [-0.15, -0.1) is 0 Å². The molecule has 2 aliphatic heterocycles. The van der Waals surface area contributed by atoms with Crippen LogP contribution in [0.5, 0.6) is 0 Å². The summed E-state index contributed by atoms with van der Waals surface area (Å²) in [6, 6.07) is 7.76. The van der Waals surface area contributed by atoms with E-state index in [1.54, 1.807) is 16.8 Å². The summed E-state index contributed by atoms with van der Waals surface area (Å²) in [4.78, 5) is 35.1. The molecule has 1 saturated carbocycles. The van der Waals surface area contributed by atoms with E-state index in [0.29, 0.717) is 41.3 Å². The van der Waals surface area contributed by atoms with Gasteiger partial charge in [0.15, 0.2) is 5.65 Å². The molecule has 1 saturated heterocycles. The van der Waals surface area contributed by atoms with Crippen molar-refractivity contribution in [1.29, 1.82) is 5.26 Å². The number of benzene rings is 1. The Labute approximate surface area is 188 Å². The van der Waals surface area contributed by atoms with E-state index >= 15 is 0 Å². The topological polar surface area (TPSA) is 140 Å². The van der Waals surface area contributed by atoms with Gasteiger partial charge in [-0.05, 0) is 48.6 Å². The van der Waals surface area contributed by atoms with E-state index in [-0.39, 0.29) is 5.70 Å². The Morgan fingerprint density at radius 1 is 1.18 bits per heavy atom. The number of aromatic nitrogens is 4. The summed E-state index contributed by atoms with van der Waals surface area (Å²) in [7, 11) is 0. The molecule has 0 radical (unpaired) electrons. The van der Waals surface area contributed by atoms with Crippen molar-refractivity contribution >= 4 is 35.6 Å². The Morgan fingerprint density at radius 3 is 2.82 bits per heavy atom. The number of nitrogens with zero attached hydrogens (tertiary/aromatic N) is 6. The zero-order valence-electron chi connectivity index (χ0n) is 17.5. The smallest absolute Gasteiger partial charge is 0.326 e. The van der Waals surface area contributed by atoms with Crippen LogP contribution >= 0.6 is 0 Å². The maximum Gasteiger partial charge on any atom is 0.326 e. The lowest BCUT2D eigenvalue weighted by atomic mass is 9.98. The van der Waals surface area contributed by atoms with E-state index in [2.05, 4.69) is 32.0 Å². The Kier molecular flexibility index (Phi) is 4.26. The molecule has 1 aliphatic carbocycles. The molecule has 4 heterocycles. The predicted octanol–water partition coefficient (Wildman–Crippen LogP) is 1.31. The number of hydrogen-bond acceptors (Lipinski definition) is 8. The highest BCUT2D eigenvalue weighted by Crippen LogP contribution is 2.28. The van der Waals surface area contributed by atoms with Gasteiger partial charge in [0.25, 0.3) is 5.91 Å². The molecule has 0 atom stereocenters. The first-order valence-electron chi connectivity index (χ1n) is 10.7. The van der Waals surface area contributed by atoms with Crippen LogP contribution in [0, 0.1) is 11.3 Å². The number of urea groups is 1. The summed E-state index contributed by atoms with van der Waals surface area (Å²) >= 11 is 0. The summed E-state index contributed by atoms with van der Waals surface area (Å²) in [5, 5.41) is 21.8. The van der Waals surface area contributed by atoms with Gasteiger partial charge in [0, 0.05) is 24.7 Å². The van der Waals surface area contributed by atoms with Gasteiger partial charge in [-0.2, -0.15) is 24.8 Å². The molecular formula is C22H19N9O2. The molecule has 3 amide bonds. The second kappa shape index (κ2) is 7.30. The lowest BCUT2D eigenvalue weighted by Crippen LogP contribution is -2.32. The van der Waals surface area contributed by atoms with Crippen LogP contribution in [0.25, 0.3) is 11.7 Å². The first-order valence-corrected chi connectivity index (χ1v) is 10.7. The molecule has 0 unspecified atom stereocenters. The fourth-order valence-electron chi connectivity index (χ4n) is 4.07. The number of nitriles is 1. The van der Waals surface area contributed by atoms with E-state index in [0.717, 1.165) is 31.4 Å². The number of rotatable bonds is 4. The monoisotopic (exact) mass is 441 g/mol. The Hall–Kier alpha value is -4.46. The van der Waals surface area contributed by atoms with Gasteiger partial charge in [0.1, 0.15) is 5.70 Å². The largest absolute Gasteiger partial charge is 0.351 e. The minimum Gasteiger partial charge on any atom is -0.351 e. The SMILES string of the molecule is N#Cc1ccc2c(c1)CN(c1nc(NC3CC3)n3ncc(/C=C4\NC(=O)NC4=O)c3n1)CC2. The Bertz CT molecular complexity index is 1400. The highest BCUT2D eigenvalue weighted by molar-refractivity contribution is 6.14. The van der Waals surface area contributed by atoms with Gasteiger partial charge in [-0.25, -0.2) is 4.79 Å². The van der Waals surface area contributed by atoms with Crippen molar-refractivity contribution in [2.24, 2.45) is 0 Å². The van der Waals surface area contributed by atoms with Gasteiger partial charge in [0.05, 0.1) is 17.8 Å². The third kappa shape index (κ3) is 3.51. The molecular weight excluding hydrogens is 422 g/mol. The fraction of sp³-hybridized carbons (Fsp3) is 0.273. The third-order valence-corrected chi connectivity index (χ3v) is 5.94. The maximum atomic E-state index is 12.0. The summed E-state index contributed by atoms with van der Waals surface area (Å²) in [6.07, 6.45) is 6.12. The number of carbonyl (C=O) groups excluding carboxylic acids is 2. The van der Waals surface area contributed by atoms with Crippen molar-refractivity contribution < 1.29 is 9.59 Å². The van der Waals surface area contributed by atoms with Crippen LogP contribution in [0.3, 0.4) is 0 Å². The molecule has 3 N–H and O–H groups in total. The molecule has 164 valence electrons. The van der Waals surface area contributed by atoms with Crippen molar-refractivity contribution in [3.63, 3.8) is 0 Å². The zero-order valence-corrected chi connectivity index (χ0v) is 17.5. The maximum absolute atomic E-state index is 12.0. The predicted molar refractivity (Wildman–Crippen MR) is 118 cm³/mol. The molecule has 3 aromatic rings. The molecule has 11 nitrogen and oxygen atoms in total. The van der Waals surface area contributed by atoms with Gasteiger partial charge in [-0.1, -0.05) is 6.07 Å². The fourth-order valence-corrected chi connectivity index (χ4v) is 4.07. The number of anilines is 2. The van der Waals surface area contributed by atoms with E-state index in [1.165, 1.54) is 5.56 Å². The highest BCUT2D eigenvalue weighted by Gasteiger charge is 2.27. The quantitative estimate of drug-likeness (QED) is 0.407. The van der Waals surface area contributed by atoms with Crippen molar-refractivity contribution in [2.75, 3.05) is 16.8 Å². The van der Waals surface area contributed by atoms with Crippen LogP contribution in [-0.4, -0.2) is 44.1 Å². The van der Waals surface area contributed by atoms with Crippen LogP contribution in [0.15, 0.2) is 30.1 Å². The summed E-state index contributed by atoms with van der Waals surface area (Å²) in [5.41, 5.74) is 4.20. The number of carbonyl (C=O) groups is 2. The molecule has 1 aromatic carbocycles. The molecule has 6 rings (SSSR count). The summed E-state index contributed by atoms with van der Waals surface area (Å²) in [5.74, 6) is 0.628. The minimum absolute atomic E-state index is 0.141. The second-order valence-electron chi connectivity index (χ2n) is 8.33. The van der Waals surface area contributed by atoms with Crippen LogP contribution in [0.2, 0.25) is 0 Å². The van der Waals surface area contributed by atoms with Gasteiger partial charge < -0.3 is 15.5 Å². The number of imide groups is 1. The van der Waals surface area contributed by atoms with Crippen molar-refractivity contribution in [3.05, 3.63) is 52.3 Å². The van der Waals surface area contributed by atoms with Crippen molar-refractivity contribution in [1.82, 2.24) is 30.2 Å². The van der Waals surface area contributed by atoms with E-state index in [9.17, 15) is 14.9 Å². The van der Waals surface area contributed by atoms with E-state index in [4.69, 9.17) is 9.97 Å². The molecule has 2 aromatic heterocycles. The molecule has 2 fully saturated rings.